The zero-order valence-electron chi connectivity index (χ0n) is 9.64. The second-order valence-corrected chi connectivity index (χ2v) is 5.87. The van der Waals surface area contributed by atoms with E-state index in [1.54, 1.807) is 18.2 Å². The van der Waals surface area contributed by atoms with Crippen LogP contribution in [-0.2, 0) is 0 Å². The van der Waals surface area contributed by atoms with Crippen LogP contribution in [0.15, 0.2) is 30.5 Å². The zero-order chi connectivity index (χ0) is 13.8. The van der Waals surface area contributed by atoms with Crippen LogP contribution < -0.4 is 5.32 Å². The first kappa shape index (κ1) is 14.3. The van der Waals surface area contributed by atoms with Gasteiger partial charge >= 0.3 is 0 Å². The average Bonchev–Trinajstić information content (AvgIpc) is 2.82. The maximum Gasteiger partial charge on any atom is 0.251 e. The molecule has 1 atom stereocenters. The highest BCUT2D eigenvalue weighted by Crippen LogP contribution is 2.26. The van der Waals surface area contributed by atoms with Crippen LogP contribution in [0.3, 0.4) is 0 Å². The highest BCUT2D eigenvalue weighted by molar-refractivity contribution is 7.16. The summed E-state index contributed by atoms with van der Waals surface area (Å²) in [5, 5.41) is 12.8. The van der Waals surface area contributed by atoms with Crippen LogP contribution in [0.4, 0.5) is 0 Å². The van der Waals surface area contributed by atoms with Crippen LogP contribution in [0.2, 0.25) is 9.49 Å². The first-order chi connectivity index (χ1) is 9.06. The molecule has 0 aromatic carbocycles. The van der Waals surface area contributed by atoms with E-state index < -0.39 is 6.10 Å². The molecule has 0 aliphatic carbocycles. The number of rotatable bonds is 4. The van der Waals surface area contributed by atoms with Gasteiger partial charge in [-0.2, -0.15) is 0 Å². The molecule has 0 radical (unpaired) electrons. The van der Waals surface area contributed by atoms with Gasteiger partial charge in [-0.05, 0) is 24.3 Å². The summed E-state index contributed by atoms with van der Waals surface area (Å²) in [4.78, 5) is 16.3. The predicted octanol–water partition coefficient (Wildman–Crippen LogP) is 2.91. The Morgan fingerprint density at radius 2 is 2.21 bits per heavy atom. The van der Waals surface area contributed by atoms with E-state index in [0.29, 0.717) is 14.8 Å². The molecule has 7 heteroatoms. The molecule has 2 rings (SSSR count). The average molecular weight is 317 g/mol. The Balaban J connectivity index is 1.93. The molecule has 1 unspecified atom stereocenters. The summed E-state index contributed by atoms with van der Waals surface area (Å²) >= 11 is 12.8. The van der Waals surface area contributed by atoms with E-state index in [1.165, 1.54) is 23.6 Å². The van der Waals surface area contributed by atoms with E-state index in [-0.39, 0.29) is 17.6 Å². The number of pyridine rings is 1. The number of nitrogens with zero attached hydrogens (tertiary/aromatic N) is 1. The number of nitrogens with one attached hydrogen (secondary N) is 1. The van der Waals surface area contributed by atoms with Crippen molar-refractivity contribution in [3.63, 3.8) is 0 Å². The van der Waals surface area contributed by atoms with Crippen molar-refractivity contribution in [1.29, 1.82) is 0 Å². The van der Waals surface area contributed by atoms with E-state index in [2.05, 4.69) is 10.3 Å². The lowest BCUT2D eigenvalue weighted by Gasteiger charge is -2.10. The second kappa shape index (κ2) is 6.34. The smallest absolute Gasteiger partial charge is 0.251 e. The van der Waals surface area contributed by atoms with E-state index in [1.807, 2.05) is 0 Å². The third-order valence-electron chi connectivity index (χ3n) is 2.37. The minimum atomic E-state index is -0.779. The van der Waals surface area contributed by atoms with Crippen molar-refractivity contribution in [2.75, 3.05) is 6.54 Å². The molecule has 0 aliphatic heterocycles. The van der Waals surface area contributed by atoms with E-state index >= 15 is 0 Å². The first-order valence-electron chi connectivity index (χ1n) is 5.39. The van der Waals surface area contributed by atoms with Gasteiger partial charge in [0.1, 0.15) is 11.3 Å². The summed E-state index contributed by atoms with van der Waals surface area (Å²) in [7, 11) is 0. The van der Waals surface area contributed by atoms with Crippen LogP contribution >= 0.6 is 34.5 Å². The van der Waals surface area contributed by atoms with Crippen LogP contribution in [0.1, 0.15) is 21.3 Å². The van der Waals surface area contributed by atoms with Crippen molar-refractivity contribution in [1.82, 2.24) is 10.3 Å². The fourth-order valence-electron chi connectivity index (χ4n) is 1.44. The number of hydrogen-bond acceptors (Lipinski definition) is 4. The number of aliphatic hydroxyl groups is 1. The van der Waals surface area contributed by atoms with Gasteiger partial charge in [-0.3, -0.25) is 4.79 Å². The third-order valence-corrected chi connectivity index (χ3v) is 3.91. The molecule has 0 saturated carbocycles. The highest BCUT2D eigenvalue weighted by atomic mass is 35.5. The Morgan fingerprint density at radius 3 is 2.84 bits per heavy atom. The van der Waals surface area contributed by atoms with E-state index in [4.69, 9.17) is 23.2 Å². The lowest BCUT2D eigenvalue weighted by atomic mass is 10.2. The number of hydrogen-bond donors (Lipinski definition) is 2. The summed E-state index contributed by atoms with van der Waals surface area (Å²) in [6.07, 6.45) is 0.672. The number of aliphatic hydroxyl groups excluding tert-OH is 1. The van der Waals surface area contributed by atoms with Crippen molar-refractivity contribution >= 4 is 40.4 Å². The Hall–Kier alpha value is -1.14. The Morgan fingerprint density at radius 1 is 1.42 bits per heavy atom. The molecule has 2 N–H and O–H groups in total. The monoisotopic (exact) mass is 316 g/mol. The van der Waals surface area contributed by atoms with Crippen molar-refractivity contribution < 1.29 is 9.90 Å². The zero-order valence-corrected chi connectivity index (χ0v) is 12.0. The van der Waals surface area contributed by atoms with Gasteiger partial charge in [0, 0.05) is 23.2 Å². The first-order valence-corrected chi connectivity index (χ1v) is 6.96. The molecule has 19 heavy (non-hydrogen) atoms. The summed E-state index contributed by atoms with van der Waals surface area (Å²) in [5.74, 6) is -0.314. The van der Waals surface area contributed by atoms with Gasteiger partial charge < -0.3 is 10.4 Å². The molecule has 100 valence electrons. The maximum atomic E-state index is 11.8. The number of halogens is 2. The molecule has 0 bridgehead atoms. The molecular weight excluding hydrogens is 307 g/mol. The van der Waals surface area contributed by atoms with Gasteiger partial charge in [-0.15, -0.1) is 11.3 Å². The highest BCUT2D eigenvalue weighted by Gasteiger charge is 2.13. The van der Waals surface area contributed by atoms with Gasteiger partial charge in [-0.25, -0.2) is 4.98 Å². The van der Waals surface area contributed by atoms with Crippen LogP contribution in [0, 0.1) is 0 Å². The molecule has 0 fully saturated rings. The van der Waals surface area contributed by atoms with Gasteiger partial charge in [0.25, 0.3) is 5.91 Å². The van der Waals surface area contributed by atoms with Crippen LogP contribution in [0.25, 0.3) is 0 Å². The Labute approximate surface area is 124 Å². The molecule has 2 heterocycles. The fourth-order valence-corrected chi connectivity index (χ4v) is 2.66. The molecule has 2 aromatic rings. The van der Waals surface area contributed by atoms with Gasteiger partial charge in [0.15, 0.2) is 0 Å². The number of thiophene rings is 1. The summed E-state index contributed by atoms with van der Waals surface area (Å²) in [5.41, 5.74) is 0.399. The van der Waals surface area contributed by atoms with Crippen molar-refractivity contribution in [2.45, 2.75) is 6.10 Å². The number of carbonyl (C=O) groups excluding carboxylic acids is 1. The largest absolute Gasteiger partial charge is 0.386 e. The van der Waals surface area contributed by atoms with Crippen molar-refractivity contribution in [3.05, 3.63) is 50.4 Å². The summed E-state index contributed by atoms with van der Waals surface area (Å²) in [6.45, 7) is 0.107. The van der Waals surface area contributed by atoms with Crippen LogP contribution in [-0.4, -0.2) is 22.5 Å². The minimum Gasteiger partial charge on any atom is -0.386 e. The summed E-state index contributed by atoms with van der Waals surface area (Å²) in [6, 6.07) is 6.45. The molecule has 4 nitrogen and oxygen atoms in total. The fraction of sp³-hybridized carbons (Fsp3) is 0.167. The normalized spacial score (nSPS) is 12.2. The van der Waals surface area contributed by atoms with Crippen molar-refractivity contribution in [3.8, 4) is 0 Å². The second-order valence-electron chi connectivity index (χ2n) is 3.73. The SMILES string of the molecule is O=C(NCC(O)c1ccc(Cl)s1)c1ccnc(Cl)c1. The van der Waals surface area contributed by atoms with Crippen LogP contribution in [0.5, 0.6) is 0 Å². The topological polar surface area (TPSA) is 62.2 Å². The third kappa shape index (κ3) is 3.91. The minimum absolute atomic E-state index is 0.107. The maximum absolute atomic E-state index is 11.8. The quantitative estimate of drug-likeness (QED) is 0.852. The molecule has 1 amide bonds. The van der Waals surface area contributed by atoms with Gasteiger partial charge in [-0.1, -0.05) is 23.2 Å². The Bertz CT molecular complexity index is 589. The number of aromatic nitrogens is 1. The molecule has 0 aliphatic rings. The number of amides is 1. The predicted molar refractivity (Wildman–Crippen MR) is 75.9 cm³/mol. The number of carbonyl (C=O) groups is 1. The molecule has 2 aromatic heterocycles. The molecular formula is C12H10Cl2N2O2S. The van der Waals surface area contributed by atoms with E-state index in [0.717, 1.165) is 0 Å². The van der Waals surface area contributed by atoms with Crippen molar-refractivity contribution in [2.24, 2.45) is 0 Å². The summed E-state index contributed by atoms with van der Waals surface area (Å²) < 4.78 is 0.598. The van der Waals surface area contributed by atoms with Gasteiger partial charge in [0.2, 0.25) is 0 Å². The molecule has 0 saturated heterocycles. The lowest BCUT2D eigenvalue weighted by Crippen LogP contribution is -2.28. The van der Waals surface area contributed by atoms with E-state index in [9.17, 15) is 9.90 Å². The standard InChI is InChI=1S/C12H10Cl2N2O2S/c13-10-5-7(3-4-15-10)12(18)16-6-8(17)9-1-2-11(14)19-9/h1-5,8,17H,6H2,(H,16,18). The Kier molecular flexibility index (Phi) is 4.76. The lowest BCUT2D eigenvalue weighted by molar-refractivity contribution is 0.0918. The van der Waals surface area contributed by atoms with Gasteiger partial charge in [0.05, 0.1) is 4.34 Å². The molecule has 0 spiro atoms.